The molecule has 0 aliphatic heterocycles. The molecule has 1 aromatic carbocycles. The highest BCUT2D eigenvalue weighted by Crippen LogP contribution is 2.30. The second-order valence-electron chi connectivity index (χ2n) is 4.82. The standard InChI is InChI=1S/C12H18ClN3O2/c1-8(2)12(3,7-14)15-11-5-4-9(16(17)18)6-10(11)13/h4-6,8,15H,7,14H2,1-3H3. The van der Waals surface area contributed by atoms with Gasteiger partial charge < -0.3 is 11.1 Å². The van der Waals surface area contributed by atoms with E-state index >= 15 is 0 Å². The molecule has 1 unspecified atom stereocenters. The lowest BCUT2D eigenvalue weighted by molar-refractivity contribution is -0.384. The summed E-state index contributed by atoms with van der Waals surface area (Å²) in [6, 6.07) is 4.36. The van der Waals surface area contributed by atoms with Gasteiger partial charge in [0.15, 0.2) is 0 Å². The van der Waals surface area contributed by atoms with Crippen LogP contribution in [-0.4, -0.2) is 17.0 Å². The van der Waals surface area contributed by atoms with Gasteiger partial charge in [-0.2, -0.15) is 0 Å². The van der Waals surface area contributed by atoms with Gasteiger partial charge >= 0.3 is 0 Å². The van der Waals surface area contributed by atoms with E-state index in [1.807, 2.05) is 6.92 Å². The maximum Gasteiger partial charge on any atom is 0.271 e. The van der Waals surface area contributed by atoms with E-state index in [9.17, 15) is 10.1 Å². The van der Waals surface area contributed by atoms with Gasteiger partial charge in [0, 0.05) is 24.2 Å². The van der Waals surface area contributed by atoms with Crippen molar-refractivity contribution in [3.05, 3.63) is 33.3 Å². The molecule has 0 amide bonds. The average Bonchev–Trinajstić information content (AvgIpc) is 2.31. The largest absolute Gasteiger partial charge is 0.377 e. The van der Waals surface area contributed by atoms with Gasteiger partial charge in [-0.1, -0.05) is 25.4 Å². The number of halogens is 1. The zero-order chi connectivity index (χ0) is 13.9. The Labute approximate surface area is 111 Å². The molecule has 0 aromatic heterocycles. The molecule has 0 heterocycles. The van der Waals surface area contributed by atoms with Crippen LogP contribution in [0.4, 0.5) is 11.4 Å². The topological polar surface area (TPSA) is 81.2 Å². The maximum atomic E-state index is 10.6. The Kier molecular flexibility index (Phi) is 4.53. The Morgan fingerprint density at radius 1 is 1.56 bits per heavy atom. The molecule has 0 saturated heterocycles. The Morgan fingerprint density at radius 3 is 2.56 bits per heavy atom. The summed E-state index contributed by atoms with van der Waals surface area (Å²) < 4.78 is 0. The van der Waals surface area contributed by atoms with Gasteiger partial charge in [0.25, 0.3) is 5.69 Å². The summed E-state index contributed by atoms with van der Waals surface area (Å²) in [7, 11) is 0. The van der Waals surface area contributed by atoms with Gasteiger partial charge in [-0.25, -0.2) is 0 Å². The van der Waals surface area contributed by atoms with Crippen LogP contribution in [0, 0.1) is 16.0 Å². The van der Waals surface area contributed by atoms with E-state index in [0.717, 1.165) is 0 Å². The van der Waals surface area contributed by atoms with E-state index in [4.69, 9.17) is 17.3 Å². The molecule has 0 fully saturated rings. The first-order chi connectivity index (χ1) is 8.30. The van der Waals surface area contributed by atoms with Crippen LogP contribution in [0.2, 0.25) is 5.02 Å². The Hall–Kier alpha value is -1.33. The van der Waals surface area contributed by atoms with Crippen LogP contribution in [0.1, 0.15) is 20.8 Å². The second kappa shape index (κ2) is 5.54. The molecule has 0 radical (unpaired) electrons. The van der Waals surface area contributed by atoms with Crippen molar-refractivity contribution < 1.29 is 4.92 Å². The lowest BCUT2D eigenvalue weighted by Gasteiger charge is -2.35. The summed E-state index contributed by atoms with van der Waals surface area (Å²) in [5.74, 6) is 0.300. The Balaban J connectivity index is 3.02. The molecule has 6 heteroatoms. The number of nitrogens with zero attached hydrogens (tertiary/aromatic N) is 1. The first-order valence-electron chi connectivity index (χ1n) is 5.72. The fourth-order valence-corrected chi connectivity index (χ4v) is 1.68. The number of nitro benzene ring substituents is 1. The molecule has 0 bridgehead atoms. The molecule has 0 saturated carbocycles. The molecule has 1 aromatic rings. The summed E-state index contributed by atoms with van der Waals surface area (Å²) in [5, 5.41) is 14.2. The van der Waals surface area contributed by atoms with Crippen LogP contribution in [0.25, 0.3) is 0 Å². The average molecular weight is 272 g/mol. The molecular weight excluding hydrogens is 254 g/mol. The summed E-state index contributed by atoms with van der Waals surface area (Å²) in [6.07, 6.45) is 0. The molecule has 0 spiro atoms. The summed E-state index contributed by atoms with van der Waals surface area (Å²) in [6.45, 7) is 6.55. The fraction of sp³-hybridized carbons (Fsp3) is 0.500. The third-order valence-electron chi connectivity index (χ3n) is 3.28. The van der Waals surface area contributed by atoms with E-state index in [1.165, 1.54) is 12.1 Å². The predicted octanol–water partition coefficient (Wildman–Crippen LogP) is 3.03. The van der Waals surface area contributed by atoms with Crippen molar-refractivity contribution in [1.29, 1.82) is 0 Å². The molecule has 1 atom stereocenters. The van der Waals surface area contributed by atoms with Crippen molar-refractivity contribution >= 4 is 23.0 Å². The smallest absolute Gasteiger partial charge is 0.271 e. The van der Waals surface area contributed by atoms with Crippen molar-refractivity contribution in [3.63, 3.8) is 0 Å². The van der Waals surface area contributed by atoms with Gasteiger partial charge in [-0.05, 0) is 18.9 Å². The minimum Gasteiger partial charge on any atom is -0.377 e. The van der Waals surface area contributed by atoms with Crippen LogP contribution >= 0.6 is 11.6 Å². The molecule has 5 nitrogen and oxygen atoms in total. The van der Waals surface area contributed by atoms with Gasteiger partial charge in [-0.3, -0.25) is 10.1 Å². The van der Waals surface area contributed by atoms with Gasteiger partial charge in [-0.15, -0.1) is 0 Å². The van der Waals surface area contributed by atoms with Crippen LogP contribution in [0.3, 0.4) is 0 Å². The first-order valence-corrected chi connectivity index (χ1v) is 6.10. The Bertz CT molecular complexity index is 451. The number of rotatable bonds is 5. The van der Waals surface area contributed by atoms with E-state index in [-0.39, 0.29) is 11.2 Å². The van der Waals surface area contributed by atoms with E-state index < -0.39 is 4.92 Å². The molecule has 0 aliphatic carbocycles. The molecular formula is C12H18ClN3O2. The van der Waals surface area contributed by atoms with Gasteiger partial charge in [0.05, 0.1) is 15.6 Å². The molecule has 100 valence electrons. The van der Waals surface area contributed by atoms with Crippen LogP contribution in [-0.2, 0) is 0 Å². The quantitative estimate of drug-likeness (QED) is 0.637. The zero-order valence-electron chi connectivity index (χ0n) is 10.7. The van der Waals surface area contributed by atoms with E-state index in [1.54, 1.807) is 6.07 Å². The monoisotopic (exact) mass is 271 g/mol. The Morgan fingerprint density at radius 2 is 2.17 bits per heavy atom. The zero-order valence-corrected chi connectivity index (χ0v) is 11.5. The molecule has 1 rings (SSSR count). The number of nitro groups is 1. The number of hydrogen-bond donors (Lipinski definition) is 2. The minimum absolute atomic E-state index is 0.0236. The lowest BCUT2D eigenvalue weighted by atomic mass is 9.88. The molecule has 0 aliphatic rings. The highest BCUT2D eigenvalue weighted by atomic mass is 35.5. The normalized spacial score (nSPS) is 14.3. The number of benzene rings is 1. The highest BCUT2D eigenvalue weighted by molar-refractivity contribution is 6.33. The lowest BCUT2D eigenvalue weighted by Crippen LogP contribution is -2.47. The van der Waals surface area contributed by atoms with Crippen LogP contribution < -0.4 is 11.1 Å². The highest BCUT2D eigenvalue weighted by Gasteiger charge is 2.27. The third kappa shape index (κ3) is 3.11. The van der Waals surface area contributed by atoms with E-state index in [2.05, 4.69) is 19.2 Å². The SMILES string of the molecule is CC(C)C(C)(CN)Nc1ccc([N+](=O)[O-])cc1Cl. The first kappa shape index (κ1) is 14.7. The number of nitrogens with two attached hydrogens (primary N) is 1. The summed E-state index contributed by atoms with van der Waals surface area (Å²) >= 11 is 6.03. The third-order valence-corrected chi connectivity index (χ3v) is 3.59. The summed E-state index contributed by atoms with van der Waals surface area (Å²) in [4.78, 5) is 10.1. The van der Waals surface area contributed by atoms with Crippen molar-refractivity contribution in [2.75, 3.05) is 11.9 Å². The van der Waals surface area contributed by atoms with Crippen molar-refractivity contribution in [2.24, 2.45) is 11.7 Å². The minimum atomic E-state index is -0.472. The van der Waals surface area contributed by atoms with Crippen LogP contribution in [0.15, 0.2) is 18.2 Å². The summed E-state index contributed by atoms with van der Waals surface area (Å²) in [5.41, 5.74) is 6.10. The van der Waals surface area contributed by atoms with Crippen molar-refractivity contribution in [3.8, 4) is 0 Å². The molecule has 18 heavy (non-hydrogen) atoms. The fourth-order valence-electron chi connectivity index (χ4n) is 1.46. The predicted molar refractivity (Wildman–Crippen MR) is 74.0 cm³/mol. The van der Waals surface area contributed by atoms with Crippen LogP contribution in [0.5, 0.6) is 0 Å². The number of hydrogen-bond acceptors (Lipinski definition) is 4. The van der Waals surface area contributed by atoms with E-state index in [0.29, 0.717) is 23.2 Å². The van der Waals surface area contributed by atoms with Crippen molar-refractivity contribution in [1.82, 2.24) is 0 Å². The number of non-ortho nitro benzene ring substituents is 1. The maximum absolute atomic E-state index is 10.6. The van der Waals surface area contributed by atoms with Gasteiger partial charge in [0.2, 0.25) is 0 Å². The van der Waals surface area contributed by atoms with Gasteiger partial charge in [0.1, 0.15) is 0 Å². The van der Waals surface area contributed by atoms with Crippen molar-refractivity contribution in [2.45, 2.75) is 26.3 Å². The number of nitrogens with one attached hydrogen (secondary N) is 1. The second-order valence-corrected chi connectivity index (χ2v) is 5.23. The molecule has 3 N–H and O–H groups in total. The number of anilines is 1.